The van der Waals surface area contributed by atoms with Crippen molar-refractivity contribution in [1.82, 2.24) is 9.97 Å². The predicted molar refractivity (Wildman–Crippen MR) is 125 cm³/mol. The third-order valence-electron chi connectivity index (χ3n) is 5.69. The molecular weight excluding hydrogens is 387 g/mol. The van der Waals surface area contributed by atoms with Crippen LogP contribution in [0.2, 0.25) is 0 Å². The van der Waals surface area contributed by atoms with E-state index in [0.29, 0.717) is 5.56 Å². The van der Waals surface area contributed by atoms with Crippen LogP contribution in [0, 0.1) is 5.82 Å². The molecule has 3 aromatic rings. The molecule has 4 nitrogen and oxygen atoms in total. The first-order valence-electron chi connectivity index (χ1n) is 11.2. The molecule has 1 atom stereocenters. The highest BCUT2D eigenvalue weighted by Gasteiger charge is 2.22. The molecule has 0 bridgehead atoms. The number of anilines is 1. The number of aliphatic imine (C=N–C) groups is 1. The van der Waals surface area contributed by atoms with Crippen LogP contribution in [-0.4, -0.2) is 28.8 Å². The molecule has 0 N–H and O–H groups in total. The number of hydrogen-bond acceptors (Lipinski definition) is 4. The Hall–Kier alpha value is -3.08. The van der Waals surface area contributed by atoms with Gasteiger partial charge in [0.25, 0.3) is 0 Å². The number of halogens is 1. The van der Waals surface area contributed by atoms with Gasteiger partial charge in [0.15, 0.2) is 0 Å². The molecule has 0 fully saturated rings. The van der Waals surface area contributed by atoms with E-state index >= 15 is 0 Å². The van der Waals surface area contributed by atoms with E-state index in [2.05, 4.69) is 53.0 Å². The van der Waals surface area contributed by atoms with Gasteiger partial charge in [0.05, 0.1) is 6.04 Å². The van der Waals surface area contributed by atoms with E-state index in [9.17, 15) is 4.39 Å². The lowest BCUT2D eigenvalue weighted by atomic mass is 10.0. The first-order chi connectivity index (χ1) is 15.2. The Kier molecular flexibility index (Phi) is 6.70. The Balaban J connectivity index is 1.48. The van der Waals surface area contributed by atoms with E-state index < -0.39 is 0 Å². The number of nitrogens with zero attached hydrogens (tertiary/aromatic N) is 4. The minimum atomic E-state index is -0.197. The fourth-order valence-electron chi connectivity index (χ4n) is 4.11. The molecule has 0 amide bonds. The van der Waals surface area contributed by atoms with Gasteiger partial charge in [0.2, 0.25) is 5.95 Å². The van der Waals surface area contributed by atoms with E-state index in [1.165, 1.54) is 6.07 Å². The predicted octanol–water partition coefficient (Wildman–Crippen LogP) is 6.23. The summed E-state index contributed by atoms with van der Waals surface area (Å²) >= 11 is 0. The van der Waals surface area contributed by atoms with Crippen LogP contribution >= 0.6 is 0 Å². The summed E-state index contributed by atoms with van der Waals surface area (Å²) in [6.45, 7) is 6.29. The molecule has 4 rings (SSSR count). The molecule has 160 valence electrons. The molecule has 1 aliphatic heterocycles. The lowest BCUT2D eigenvalue weighted by Crippen LogP contribution is -2.26. The van der Waals surface area contributed by atoms with Gasteiger partial charge < -0.3 is 4.90 Å². The SMILES string of the molecule is CCCN(CCC)c1ncc(-c2ccc(C3CCC(c4ccccc4F)=N3)cc2)cn1. The van der Waals surface area contributed by atoms with Crippen LogP contribution in [-0.2, 0) is 0 Å². The monoisotopic (exact) mass is 416 g/mol. The zero-order chi connectivity index (χ0) is 21.6. The summed E-state index contributed by atoms with van der Waals surface area (Å²) in [6, 6.07) is 15.4. The maximum absolute atomic E-state index is 14.1. The van der Waals surface area contributed by atoms with Gasteiger partial charge in [-0.15, -0.1) is 0 Å². The largest absolute Gasteiger partial charge is 0.341 e. The van der Waals surface area contributed by atoms with Crippen molar-refractivity contribution < 1.29 is 4.39 Å². The maximum atomic E-state index is 14.1. The second-order valence-electron chi connectivity index (χ2n) is 7.99. The summed E-state index contributed by atoms with van der Waals surface area (Å²) in [5.41, 5.74) is 4.73. The van der Waals surface area contributed by atoms with Gasteiger partial charge in [0.1, 0.15) is 5.82 Å². The fourth-order valence-corrected chi connectivity index (χ4v) is 4.11. The summed E-state index contributed by atoms with van der Waals surface area (Å²) < 4.78 is 14.1. The normalized spacial score (nSPS) is 15.7. The highest BCUT2D eigenvalue weighted by Crippen LogP contribution is 2.32. The lowest BCUT2D eigenvalue weighted by molar-refractivity contribution is 0.625. The Bertz CT molecular complexity index is 1020. The van der Waals surface area contributed by atoms with Gasteiger partial charge in [0, 0.05) is 42.3 Å². The van der Waals surface area contributed by atoms with Crippen molar-refractivity contribution in [3.8, 4) is 11.1 Å². The molecule has 0 aliphatic carbocycles. The molecule has 31 heavy (non-hydrogen) atoms. The standard InChI is InChI=1S/C26H29FN4/c1-3-15-31(16-4-2)26-28-17-21(18-29-26)19-9-11-20(12-10-19)24-13-14-25(30-24)22-7-5-6-8-23(22)27/h5-12,17-18,24H,3-4,13-16H2,1-2H3. The Morgan fingerprint density at radius 1 is 0.903 bits per heavy atom. The van der Waals surface area contributed by atoms with Gasteiger partial charge in [-0.05, 0) is 42.9 Å². The number of aromatic nitrogens is 2. The first-order valence-corrected chi connectivity index (χ1v) is 11.2. The molecule has 5 heteroatoms. The summed E-state index contributed by atoms with van der Waals surface area (Å²) in [5.74, 6) is 0.599. The average Bonchev–Trinajstić information content (AvgIpc) is 3.30. The highest BCUT2D eigenvalue weighted by molar-refractivity contribution is 6.02. The highest BCUT2D eigenvalue weighted by atomic mass is 19.1. The molecule has 1 aliphatic rings. The van der Waals surface area contributed by atoms with Crippen LogP contribution in [0.3, 0.4) is 0 Å². The fraction of sp³-hybridized carbons (Fsp3) is 0.346. The van der Waals surface area contributed by atoms with Crippen molar-refractivity contribution in [2.24, 2.45) is 4.99 Å². The van der Waals surface area contributed by atoms with E-state index in [-0.39, 0.29) is 11.9 Å². The third-order valence-corrected chi connectivity index (χ3v) is 5.69. The Morgan fingerprint density at radius 3 is 2.23 bits per heavy atom. The molecule has 1 aromatic heterocycles. The van der Waals surface area contributed by atoms with Gasteiger partial charge in [-0.25, -0.2) is 14.4 Å². The Morgan fingerprint density at radius 2 is 1.58 bits per heavy atom. The van der Waals surface area contributed by atoms with Crippen LogP contribution in [0.15, 0.2) is 65.9 Å². The quantitative estimate of drug-likeness (QED) is 0.437. The van der Waals surface area contributed by atoms with Crippen molar-refractivity contribution >= 4 is 11.7 Å². The molecule has 0 saturated heterocycles. The second kappa shape index (κ2) is 9.82. The van der Waals surface area contributed by atoms with Gasteiger partial charge in [-0.1, -0.05) is 56.3 Å². The second-order valence-corrected chi connectivity index (χ2v) is 7.99. The zero-order valence-corrected chi connectivity index (χ0v) is 18.3. The summed E-state index contributed by atoms with van der Waals surface area (Å²) in [5, 5.41) is 0. The maximum Gasteiger partial charge on any atom is 0.225 e. The van der Waals surface area contributed by atoms with E-state index in [1.807, 2.05) is 24.5 Å². The van der Waals surface area contributed by atoms with Crippen LogP contribution in [0.4, 0.5) is 10.3 Å². The minimum absolute atomic E-state index is 0.0823. The van der Waals surface area contributed by atoms with Gasteiger partial charge in [-0.2, -0.15) is 0 Å². The molecule has 0 radical (unpaired) electrons. The van der Waals surface area contributed by atoms with Crippen molar-refractivity contribution in [3.05, 3.63) is 77.9 Å². The van der Waals surface area contributed by atoms with Gasteiger partial charge in [-0.3, -0.25) is 4.99 Å². The van der Waals surface area contributed by atoms with Crippen molar-refractivity contribution in [2.75, 3.05) is 18.0 Å². The average molecular weight is 417 g/mol. The van der Waals surface area contributed by atoms with Crippen molar-refractivity contribution in [3.63, 3.8) is 0 Å². The van der Waals surface area contributed by atoms with Crippen molar-refractivity contribution in [1.29, 1.82) is 0 Å². The third kappa shape index (κ3) is 4.82. The molecule has 1 unspecified atom stereocenters. The van der Waals surface area contributed by atoms with Crippen LogP contribution in [0.25, 0.3) is 11.1 Å². The number of benzene rings is 2. The van der Waals surface area contributed by atoms with Crippen molar-refractivity contribution in [2.45, 2.75) is 45.6 Å². The number of hydrogen-bond donors (Lipinski definition) is 0. The first kappa shape index (κ1) is 21.2. The smallest absolute Gasteiger partial charge is 0.225 e. The van der Waals surface area contributed by atoms with Crippen LogP contribution in [0.1, 0.15) is 56.7 Å². The molecule has 0 saturated carbocycles. The van der Waals surface area contributed by atoms with E-state index in [0.717, 1.165) is 67.1 Å². The summed E-state index contributed by atoms with van der Waals surface area (Å²) in [6.07, 6.45) is 7.67. The summed E-state index contributed by atoms with van der Waals surface area (Å²) in [4.78, 5) is 16.2. The van der Waals surface area contributed by atoms with Gasteiger partial charge >= 0.3 is 0 Å². The molecule has 2 aromatic carbocycles. The topological polar surface area (TPSA) is 41.4 Å². The molecule has 0 spiro atoms. The molecule has 2 heterocycles. The zero-order valence-electron chi connectivity index (χ0n) is 18.3. The van der Waals surface area contributed by atoms with E-state index in [4.69, 9.17) is 4.99 Å². The van der Waals surface area contributed by atoms with Crippen LogP contribution < -0.4 is 4.90 Å². The van der Waals surface area contributed by atoms with Crippen LogP contribution in [0.5, 0.6) is 0 Å². The number of rotatable bonds is 8. The lowest BCUT2D eigenvalue weighted by Gasteiger charge is -2.21. The minimum Gasteiger partial charge on any atom is -0.341 e. The molecular formula is C26H29FN4. The Labute approximate surface area is 183 Å². The van der Waals surface area contributed by atoms with E-state index in [1.54, 1.807) is 6.07 Å². The summed E-state index contributed by atoms with van der Waals surface area (Å²) in [7, 11) is 0.